The van der Waals surface area contributed by atoms with Gasteiger partial charge >= 0.3 is 5.97 Å². The van der Waals surface area contributed by atoms with E-state index < -0.39 is 5.97 Å². The number of carbonyl (C=O) groups is 1. The molecule has 0 unspecified atom stereocenters. The highest BCUT2D eigenvalue weighted by molar-refractivity contribution is 6.33. The van der Waals surface area contributed by atoms with Crippen molar-refractivity contribution in [2.24, 2.45) is 0 Å². The molecule has 0 saturated carbocycles. The summed E-state index contributed by atoms with van der Waals surface area (Å²) in [6.07, 6.45) is 4.90. The van der Waals surface area contributed by atoms with E-state index in [-0.39, 0.29) is 5.02 Å². The molecule has 0 aliphatic carbocycles. The SMILES string of the molecule is CCOC(=O)c1cc(NCc2cccnc2)ncc1Cl. The van der Waals surface area contributed by atoms with Crippen LogP contribution < -0.4 is 5.32 Å². The second kappa shape index (κ2) is 6.86. The van der Waals surface area contributed by atoms with Crippen LogP contribution in [-0.2, 0) is 11.3 Å². The highest BCUT2D eigenvalue weighted by Gasteiger charge is 2.12. The number of hydrogen-bond acceptors (Lipinski definition) is 5. The lowest BCUT2D eigenvalue weighted by Crippen LogP contribution is -2.08. The Labute approximate surface area is 122 Å². The van der Waals surface area contributed by atoms with Crippen molar-refractivity contribution < 1.29 is 9.53 Å². The average molecular weight is 292 g/mol. The predicted octanol–water partition coefficient (Wildman–Crippen LogP) is 2.92. The van der Waals surface area contributed by atoms with Crippen LogP contribution in [0, 0.1) is 0 Å². The second-order valence-corrected chi connectivity index (χ2v) is 4.39. The molecule has 2 heterocycles. The van der Waals surface area contributed by atoms with Crippen LogP contribution in [0.2, 0.25) is 5.02 Å². The number of hydrogen-bond donors (Lipinski definition) is 1. The summed E-state index contributed by atoms with van der Waals surface area (Å²) < 4.78 is 4.94. The lowest BCUT2D eigenvalue weighted by Gasteiger charge is -2.08. The van der Waals surface area contributed by atoms with Crippen LogP contribution in [0.1, 0.15) is 22.8 Å². The van der Waals surface area contributed by atoms with E-state index in [0.717, 1.165) is 5.56 Å². The fraction of sp³-hybridized carbons (Fsp3) is 0.214. The summed E-state index contributed by atoms with van der Waals surface area (Å²) >= 11 is 5.94. The van der Waals surface area contributed by atoms with Crippen LogP contribution >= 0.6 is 11.6 Å². The molecule has 5 nitrogen and oxygen atoms in total. The molecule has 0 atom stereocenters. The summed E-state index contributed by atoms with van der Waals surface area (Å²) in [6, 6.07) is 5.38. The van der Waals surface area contributed by atoms with Crippen molar-refractivity contribution in [2.75, 3.05) is 11.9 Å². The molecule has 2 aromatic rings. The number of esters is 1. The summed E-state index contributed by atoms with van der Waals surface area (Å²) in [5, 5.41) is 3.38. The first-order valence-corrected chi connectivity index (χ1v) is 6.54. The van der Waals surface area contributed by atoms with Gasteiger partial charge in [-0.25, -0.2) is 9.78 Å². The molecule has 0 fully saturated rings. The fourth-order valence-corrected chi connectivity index (χ4v) is 1.78. The average Bonchev–Trinajstić information content (AvgIpc) is 2.47. The van der Waals surface area contributed by atoms with Gasteiger partial charge in [-0.1, -0.05) is 17.7 Å². The molecule has 2 rings (SSSR count). The molecule has 1 N–H and O–H groups in total. The van der Waals surface area contributed by atoms with Crippen LogP contribution in [-0.4, -0.2) is 22.5 Å². The first-order chi connectivity index (χ1) is 9.70. The molecule has 0 amide bonds. The molecular weight excluding hydrogens is 278 g/mol. The summed E-state index contributed by atoms with van der Waals surface area (Å²) in [4.78, 5) is 19.9. The van der Waals surface area contributed by atoms with Crippen LogP contribution in [0.4, 0.5) is 5.82 Å². The monoisotopic (exact) mass is 291 g/mol. The molecule has 104 valence electrons. The molecule has 0 aliphatic heterocycles. The standard InChI is InChI=1S/C14H14ClN3O2/c1-2-20-14(19)11-6-13(18-9-12(11)15)17-8-10-4-3-5-16-7-10/h3-7,9H,2,8H2,1H3,(H,17,18). The fourth-order valence-electron chi connectivity index (χ4n) is 1.60. The van der Waals surface area contributed by atoms with E-state index in [1.165, 1.54) is 6.20 Å². The second-order valence-electron chi connectivity index (χ2n) is 3.98. The van der Waals surface area contributed by atoms with Crippen molar-refractivity contribution in [2.45, 2.75) is 13.5 Å². The van der Waals surface area contributed by atoms with Gasteiger partial charge in [0.2, 0.25) is 0 Å². The summed E-state index contributed by atoms with van der Waals surface area (Å²) in [5.41, 5.74) is 1.32. The number of aromatic nitrogens is 2. The molecule has 0 bridgehead atoms. The highest BCUT2D eigenvalue weighted by Crippen LogP contribution is 2.19. The molecular formula is C14H14ClN3O2. The van der Waals surface area contributed by atoms with E-state index in [9.17, 15) is 4.79 Å². The van der Waals surface area contributed by atoms with Crippen molar-refractivity contribution in [3.05, 3.63) is 52.9 Å². The third-order valence-corrected chi connectivity index (χ3v) is 2.85. The summed E-state index contributed by atoms with van der Waals surface area (Å²) in [6.45, 7) is 2.61. The Kier molecular flexibility index (Phi) is 4.90. The minimum absolute atomic E-state index is 0.273. The summed E-state index contributed by atoms with van der Waals surface area (Å²) in [7, 11) is 0. The Morgan fingerprint density at radius 1 is 1.45 bits per heavy atom. The Morgan fingerprint density at radius 2 is 2.30 bits per heavy atom. The zero-order chi connectivity index (χ0) is 14.4. The summed E-state index contributed by atoms with van der Waals surface area (Å²) in [5.74, 6) is 0.102. The van der Waals surface area contributed by atoms with Gasteiger partial charge in [0.1, 0.15) is 5.82 Å². The van der Waals surface area contributed by atoms with Crippen molar-refractivity contribution in [1.29, 1.82) is 0 Å². The van der Waals surface area contributed by atoms with Crippen LogP contribution in [0.5, 0.6) is 0 Å². The molecule has 6 heteroatoms. The Bertz CT molecular complexity index is 590. The Hall–Kier alpha value is -2.14. The first-order valence-electron chi connectivity index (χ1n) is 6.16. The van der Waals surface area contributed by atoms with Gasteiger partial charge < -0.3 is 10.1 Å². The molecule has 0 aromatic carbocycles. The van der Waals surface area contributed by atoms with Gasteiger partial charge in [0.25, 0.3) is 0 Å². The number of pyridine rings is 2. The molecule has 0 radical (unpaired) electrons. The van der Waals surface area contributed by atoms with Crippen molar-refractivity contribution >= 4 is 23.4 Å². The molecule has 20 heavy (non-hydrogen) atoms. The number of anilines is 1. The van der Waals surface area contributed by atoms with Crippen molar-refractivity contribution in [1.82, 2.24) is 9.97 Å². The molecule has 2 aromatic heterocycles. The lowest BCUT2D eigenvalue weighted by atomic mass is 10.2. The van der Waals surface area contributed by atoms with E-state index in [1.807, 2.05) is 12.1 Å². The molecule has 0 spiro atoms. The number of nitrogens with zero attached hydrogens (tertiary/aromatic N) is 2. The number of carbonyl (C=O) groups excluding carboxylic acids is 1. The van der Waals surface area contributed by atoms with Crippen LogP contribution in [0.25, 0.3) is 0 Å². The normalized spacial score (nSPS) is 10.1. The zero-order valence-corrected chi connectivity index (χ0v) is 11.7. The van der Waals surface area contributed by atoms with Crippen molar-refractivity contribution in [3.8, 4) is 0 Å². The van der Waals surface area contributed by atoms with Gasteiger partial charge in [-0.3, -0.25) is 4.98 Å². The lowest BCUT2D eigenvalue weighted by molar-refractivity contribution is 0.0526. The maximum Gasteiger partial charge on any atom is 0.339 e. The molecule has 0 saturated heterocycles. The quantitative estimate of drug-likeness (QED) is 0.858. The molecule has 0 aliphatic rings. The minimum Gasteiger partial charge on any atom is -0.462 e. The van der Waals surface area contributed by atoms with Gasteiger partial charge in [-0.2, -0.15) is 0 Å². The van der Waals surface area contributed by atoms with Gasteiger partial charge in [0.15, 0.2) is 0 Å². The van der Waals surface area contributed by atoms with Gasteiger partial charge in [0.05, 0.1) is 17.2 Å². The van der Waals surface area contributed by atoms with Gasteiger partial charge in [-0.05, 0) is 24.6 Å². The zero-order valence-electron chi connectivity index (χ0n) is 11.0. The van der Waals surface area contributed by atoms with E-state index in [0.29, 0.717) is 24.5 Å². The van der Waals surface area contributed by atoms with E-state index in [2.05, 4.69) is 15.3 Å². The van der Waals surface area contributed by atoms with E-state index in [1.54, 1.807) is 25.4 Å². The van der Waals surface area contributed by atoms with Crippen LogP contribution in [0.3, 0.4) is 0 Å². The smallest absolute Gasteiger partial charge is 0.339 e. The van der Waals surface area contributed by atoms with Gasteiger partial charge in [-0.15, -0.1) is 0 Å². The number of rotatable bonds is 5. The van der Waals surface area contributed by atoms with E-state index >= 15 is 0 Å². The third-order valence-electron chi connectivity index (χ3n) is 2.55. The topological polar surface area (TPSA) is 64.1 Å². The maximum absolute atomic E-state index is 11.7. The Morgan fingerprint density at radius 3 is 3.00 bits per heavy atom. The van der Waals surface area contributed by atoms with Crippen LogP contribution in [0.15, 0.2) is 36.8 Å². The maximum atomic E-state index is 11.7. The predicted molar refractivity (Wildman–Crippen MR) is 76.8 cm³/mol. The number of halogens is 1. The Balaban J connectivity index is 2.09. The third kappa shape index (κ3) is 3.68. The van der Waals surface area contributed by atoms with Crippen molar-refractivity contribution in [3.63, 3.8) is 0 Å². The number of nitrogens with one attached hydrogen (secondary N) is 1. The highest BCUT2D eigenvalue weighted by atomic mass is 35.5. The first kappa shape index (κ1) is 14.3. The minimum atomic E-state index is -0.454. The largest absolute Gasteiger partial charge is 0.462 e. The van der Waals surface area contributed by atoms with E-state index in [4.69, 9.17) is 16.3 Å². The van der Waals surface area contributed by atoms with Gasteiger partial charge in [0, 0.05) is 25.1 Å². The number of ether oxygens (including phenoxy) is 1.